The van der Waals surface area contributed by atoms with Gasteiger partial charge in [-0.3, -0.25) is 14.2 Å². The number of carbonyl (C=O) groups is 2. The van der Waals surface area contributed by atoms with Gasteiger partial charge in [0.25, 0.3) is 0 Å². The van der Waals surface area contributed by atoms with Crippen LogP contribution in [0.1, 0.15) is 64.0 Å². The fraction of sp³-hybridized carbons (Fsp3) is 0.333. The minimum absolute atomic E-state index is 0.0371. The number of hydrogen-bond acceptors (Lipinski definition) is 10. The van der Waals surface area contributed by atoms with E-state index in [1.807, 2.05) is 74.5 Å². The Labute approximate surface area is 310 Å². The van der Waals surface area contributed by atoms with Crippen LogP contribution in [0.2, 0.25) is 0 Å². The second-order valence-corrected chi connectivity index (χ2v) is 15.3. The Morgan fingerprint density at radius 3 is 2.26 bits per heavy atom. The first kappa shape index (κ1) is 36.6. The molecule has 276 valence electrons. The minimum Gasteiger partial charge on any atom is -0.496 e. The quantitative estimate of drug-likeness (QED) is 0.0733. The maximum Gasteiger partial charge on any atom is 0.411 e. The SMILES string of the molecule is COc1c(C)c2c(c(O[P@@](=O)(OC3c4ccccc4-c4ccccc43)c3ccccc3)c1C/C=C(\C)CCC(=O)OCCN1CCOCC1)C(=O)OC2. The molecule has 3 aliphatic rings. The predicted molar refractivity (Wildman–Crippen MR) is 201 cm³/mol. The van der Waals surface area contributed by atoms with Crippen molar-refractivity contribution >= 4 is 24.8 Å². The summed E-state index contributed by atoms with van der Waals surface area (Å²) in [6.45, 7) is 7.94. The van der Waals surface area contributed by atoms with Crippen LogP contribution in [-0.4, -0.2) is 63.4 Å². The number of hydrogen-bond donors (Lipinski definition) is 0. The standard InChI is InChI=1S/C42H44NO9P/c1-28(18-20-37(44)49-26-23-43-21-24-48-25-22-43)17-19-35-39(47-3)29(2)36-27-50-42(45)38(36)41(35)52-53(46,30-11-5-4-6-12-30)51-40-33-15-9-7-13-31(33)32-14-8-10-16-34(32)40/h4-17,40H,18-27H2,1-3H3/b28-17+/t53-/m0/s1. The summed E-state index contributed by atoms with van der Waals surface area (Å²) < 4.78 is 51.3. The summed E-state index contributed by atoms with van der Waals surface area (Å²) in [6, 6.07) is 24.6. The third kappa shape index (κ3) is 7.69. The van der Waals surface area contributed by atoms with Crippen molar-refractivity contribution < 1.29 is 42.1 Å². The van der Waals surface area contributed by atoms with Gasteiger partial charge in [0.2, 0.25) is 0 Å². The van der Waals surface area contributed by atoms with E-state index in [4.69, 9.17) is 28.0 Å². The zero-order chi connectivity index (χ0) is 37.0. The number of nitrogens with zero attached hydrogens (tertiary/aromatic N) is 1. The fourth-order valence-electron chi connectivity index (χ4n) is 7.20. The lowest BCUT2D eigenvalue weighted by Gasteiger charge is -2.27. The van der Waals surface area contributed by atoms with E-state index in [1.165, 1.54) is 0 Å². The van der Waals surface area contributed by atoms with Gasteiger partial charge in [-0.15, -0.1) is 0 Å². The molecule has 11 heteroatoms. The highest BCUT2D eigenvalue weighted by Gasteiger charge is 2.42. The third-order valence-corrected chi connectivity index (χ3v) is 11.9. The lowest BCUT2D eigenvalue weighted by atomic mass is 9.94. The topological polar surface area (TPSA) is 110 Å². The molecule has 1 fully saturated rings. The smallest absolute Gasteiger partial charge is 0.411 e. The molecule has 0 aromatic heterocycles. The van der Waals surface area contributed by atoms with Gasteiger partial charge in [-0.05, 0) is 66.6 Å². The molecule has 10 nitrogen and oxygen atoms in total. The number of ether oxygens (including phenoxy) is 4. The summed E-state index contributed by atoms with van der Waals surface area (Å²) in [4.78, 5) is 28.2. The summed E-state index contributed by atoms with van der Waals surface area (Å²) in [5.41, 5.74) is 6.76. The Morgan fingerprint density at radius 1 is 0.925 bits per heavy atom. The van der Waals surface area contributed by atoms with Crippen LogP contribution in [0.5, 0.6) is 11.5 Å². The number of cyclic esters (lactones) is 1. The summed E-state index contributed by atoms with van der Waals surface area (Å²) >= 11 is 0. The van der Waals surface area contributed by atoms with Crippen LogP contribution in [-0.2, 0) is 41.1 Å². The zero-order valence-electron chi connectivity index (χ0n) is 30.3. The molecule has 2 aliphatic heterocycles. The van der Waals surface area contributed by atoms with Crippen LogP contribution >= 0.6 is 7.60 Å². The fourth-order valence-corrected chi connectivity index (χ4v) is 8.96. The Bertz CT molecular complexity index is 2030. The highest BCUT2D eigenvalue weighted by Crippen LogP contribution is 2.58. The number of morpholine rings is 1. The molecule has 0 spiro atoms. The third-order valence-electron chi connectivity index (χ3n) is 10.1. The predicted octanol–water partition coefficient (Wildman–Crippen LogP) is 7.50. The maximum atomic E-state index is 15.5. The van der Waals surface area contributed by atoms with Crippen LogP contribution in [0, 0.1) is 6.92 Å². The second kappa shape index (κ2) is 16.1. The number of rotatable bonds is 14. The zero-order valence-corrected chi connectivity index (χ0v) is 31.2. The number of fused-ring (bicyclic) bond motifs is 4. The van der Waals surface area contributed by atoms with E-state index in [1.54, 1.807) is 31.4 Å². The molecule has 4 aromatic carbocycles. The number of methoxy groups -OCH3 is 1. The van der Waals surface area contributed by atoms with E-state index >= 15 is 4.57 Å². The number of carbonyl (C=O) groups excluding carboxylic acids is 2. The summed E-state index contributed by atoms with van der Waals surface area (Å²) in [7, 11) is -2.68. The monoisotopic (exact) mass is 737 g/mol. The molecule has 1 aliphatic carbocycles. The molecular formula is C42H44NO9P. The Hall–Kier alpha value is -4.73. The van der Waals surface area contributed by atoms with Crippen molar-refractivity contribution in [1.82, 2.24) is 4.90 Å². The van der Waals surface area contributed by atoms with Crippen LogP contribution in [0.25, 0.3) is 11.1 Å². The van der Waals surface area contributed by atoms with Crippen molar-refractivity contribution in [2.75, 3.05) is 46.6 Å². The Kier molecular flexibility index (Phi) is 11.1. The molecule has 0 unspecified atom stereocenters. The van der Waals surface area contributed by atoms with Gasteiger partial charge in [0.1, 0.15) is 30.6 Å². The van der Waals surface area contributed by atoms with Crippen molar-refractivity contribution in [3.63, 3.8) is 0 Å². The van der Waals surface area contributed by atoms with Crippen LogP contribution in [0.3, 0.4) is 0 Å². The van der Waals surface area contributed by atoms with Crippen molar-refractivity contribution in [3.05, 3.63) is 124 Å². The Morgan fingerprint density at radius 2 is 1.58 bits per heavy atom. The van der Waals surface area contributed by atoms with Crippen molar-refractivity contribution in [1.29, 1.82) is 0 Å². The van der Waals surface area contributed by atoms with Crippen LogP contribution in [0.4, 0.5) is 0 Å². The largest absolute Gasteiger partial charge is 0.496 e. The molecule has 53 heavy (non-hydrogen) atoms. The van der Waals surface area contributed by atoms with Gasteiger partial charge in [0, 0.05) is 37.2 Å². The van der Waals surface area contributed by atoms with E-state index in [-0.39, 0.29) is 36.7 Å². The van der Waals surface area contributed by atoms with E-state index in [0.29, 0.717) is 55.0 Å². The molecule has 4 aromatic rings. The number of esters is 2. The van der Waals surface area contributed by atoms with Gasteiger partial charge in [-0.2, -0.15) is 0 Å². The maximum absolute atomic E-state index is 15.5. The molecule has 0 radical (unpaired) electrons. The summed E-state index contributed by atoms with van der Waals surface area (Å²) in [6.07, 6.45) is 2.24. The van der Waals surface area contributed by atoms with E-state index in [0.717, 1.165) is 46.5 Å². The number of benzene rings is 4. The average Bonchev–Trinajstić information content (AvgIpc) is 3.73. The van der Waals surface area contributed by atoms with Crippen LogP contribution < -0.4 is 14.6 Å². The normalized spacial score (nSPS) is 16.7. The lowest BCUT2D eigenvalue weighted by molar-refractivity contribution is -0.144. The molecule has 0 saturated carbocycles. The molecule has 0 amide bonds. The molecule has 2 heterocycles. The highest BCUT2D eigenvalue weighted by molar-refractivity contribution is 7.62. The van der Waals surface area contributed by atoms with Crippen LogP contribution in [0.15, 0.2) is 90.5 Å². The first-order valence-electron chi connectivity index (χ1n) is 18.0. The molecule has 1 saturated heterocycles. The van der Waals surface area contributed by atoms with Gasteiger partial charge in [-0.1, -0.05) is 78.4 Å². The van der Waals surface area contributed by atoms with Gasteiger partial charge in [0.05, 0.1) is 25.6 Å². The lowest BCUT2D eigenvalue weighted by Crippen LogP contribution is -2.38. The van der Waals surface area contributed by atoms with Crippen molar-refractivity contribution in [3.8, 4) is 22.6 Å². The number of allylic oxidation sites excluding steroid dienone is 2. The first-order valence-corrected chi connectivity index (χ1v) is 19.5. The molecular weight excluding hydrogens is 693 g/mol. The summed E-state index contributed by atoms with van der Waals surface area (Å²) in [5.74, 6) is -0.235. The molecule has 7 rings (SSSR count). The first-order chi connectivity index (χ1) is 25.8. The van der Waals surface area contributed by atoms with Gasteiger partial charge >= 0.3 is 19.5 Å². The second-order valence-electron chi connectivity index (χ2n) is 13.4. The average molecular weight is 738 g/mol. The molecule has 0 bridgehead atoms. The van der Waals surface area contributed by atoms with Gasteiger partial charge < -0.3 is 23.5 Å². The van der Waals surface area contributed by atoms with Gasteiger partial charge in [-0.25, -0.2) is 9.36 Å². The van der Waals surface area contributed by atoms with Gasteiger partial charge in [0.15, 0.2) is 5.75 Å². The Balaban J connectivity index is 1.19. The summed E-state index contributed by atoms with van der Waals surface area (Å²) in [5, 5.41) is 0.339. The van der Waals surface area contributed by atoms with Crippen molar-refractivity contribution in [2.24, 2.45) is 0 Å². The molecule has 1 atom stereocenters. The van der Waals surface area contributed by atoms with Crippen molar-refractivity contribution in [2.45, 2.75) is 45.8 Å². The van der Waals surface area contributed by atoms with E-state index in [9.17, 15) is 9.59 Å². The van der Waals surface area contributed by atoms with E-state index in [2.05, 4.69) is 4.90 Å². The minimum atomic E-state index is -4.24. The highest BCUT2D eigenvalue weighted by atomic mass is 31.2. The van der Waals surface area contributed by atoms with E-state index < -0.39 is 19.7 Å². The molecule has 0 N–H and O–H groups in total.